The number of halogens is 4. The molecule has 10 heteroatoms. The maximum absolute atomic E-state index is 13.8. The molecule has 0 aliphatic carbocycles. The van der Waals surface area contributed by atoms with Crippen molar-refractivity contribution >= 4 is 30.0 Å². The Morgan fingerprint density at radius 1 is 0.938 bits per heavy atom. The monoisotopic (exact) mass is 470 g/mol. The van der Waals surface area contributed by atoms with Gasteiger partial charge in [0.25, 0.3) is 0 Å². The first-order valence-electron chi connectivity index (χ1n) is 10.1. The molecule has 0 unspecified atom stereocenters. The summed E-state index contributed by atoms with van der Waals surface area (Å²) >= 11 is 0. The Kier molecular flexibility index (Phi) is 9.34. The van der Waals surface area contributed by atoms with Gasteiger partial charge in [-0.3, -0.25) is 4.79 Å². The summed E-state index contributed by atoms with van der Waals surface area (Å²) < 4.78 is 40.2. The third-order valence-corrected chi connectivity index (χ3v) is 5.17. The lowest BCUT2D eigenvalue weighted by molar-refractivity contribution is -0.131. The van der Waals surface area contributed by atoms with Gasteiger partial charge in [0.2, 0.25) is 5.91 Å². The van der Waals surface area contributed by atoms with Crippen molar-refractivity contribution in [2.24, 2.45) is 5.73 Å². The lowest BCUT2D eigenvalue weighted by atomic mass is 10.0. The second kappa shape index (κ2) is 11.7. The van der Waals surface area contributed by atoms with E-state index in [4.69, 9.17) is 5.73 Å². The van der Waals surface area contributed by atoms with Crippen LogP contribution in [-0.2, 0) is 11.2 Å². The van der Waals surface area contributed by atoms with E-state index in [2.05, 4.69) is 5.32 Å². The number of rotatable bonds is 5. The first-order valence-corrected chi connectivity index (χ1v) is 10.1. The van der Waals surface area contributed by atoms with Crippen LogP contribution in [0.2, 0.25) is 0 Å². The number of hydrogen-bond donors (Lipinski definition) is 2. The van der Waals surface area contributed by atoms with E-state index in [0.717, 1.165) is 6.07 Å². The largest absolute Gasteiger partial charge is 0.341 e. The Morgan fingerprint density at radius 3 is 2.28 bits per heavy atom. The average Bonchev–Trinajstić information content (AvgIpc) is 2.99. The van der Waals surface area contributed by atoms with Crippen molar-refractivity contribution in [1.29, 1.82) is 0 Å². The van der Waals surface area contributed by atoms with E-state index >= 15 is 0 Å². The molecule has 1 heterocycles. The molecule has 1 fully saturated rings. The van der Waals surface area contributed by atoms with Gasteiger partial charge in [0.05, 0.1) is 0 Å². The van der Waals surface area contributed by atoms with Gasteiger partial charge in [-0.05, 0) is 36.6 Å². The summed E-state index contributed by atoms with van der Waals surface area (Å²) in [5, 5.41) is 2.83. The van der Waals surface area contributed by atoms with E-state index in [1.54, 1.807) is 21.9 Å². The van der Waals surface area contributed by atoms with Crippen LogP contribution in [0.25, 0.3) is 0 Å². The van der Waals surface area contributed by atoms with Crippen molar-refractivity contribution in [3.63, 3.8) is 0 Å². The molecule has 0 bridgehead atoms. The zero-order valence-corrected chi connectivity index (χ0v) is 18.2. The molecule has 3 amide bonds. The number of benzene rings is 2. The van der Waals surface area contributed by atoms with E-state index in [-0.39, 0.29) is 42.8 Å². The number of urea groups is 1. The van der Waals surface area contributed by atoms with Gasteiger partial charge in [-0.1, -0.05) is 18.2 Å². The van der Waals surface area contributed by atoms with Crippen LogP contribution in [0.5, 0.6) is 0 Å². The molecule has 1 atom stereocenters. The zero-order chi connectivity index (χ0) is 22.4. The number of carbonyl (C=O) groups excluding carboxylic acids is 2. The maximum atomic E-state index is 13.8. The highest BCUT2D eigenvalue weighted by Crippen LogP contribution is 2.16. The van der Waals surface area contributed by atoms with Gasteiger partial charge in [0, 0.05) is 50.4 Å². The lowest BCUT2D eigenvalue weighted by Gasteiger charge is -2.23. The molecule has 3 N–H and O–H groups in total. The number of anilines is 1. The highest BCUT2D eigenvalue weighted by molar-refractivity contribution is 5.89. The Labute approximate surface area is 191 Å². The smallest absolute Gasteiger partial charge is 0.321 e. The predicted molar refractivity (Wildman–Crippen MR) is 118 cm³/mol. The van der Waals surface area contributed by atoms with Crippen molar-refractivity contribution in [3.8, 4) is 0 Å². The molecule has 1 saturated heterocycles. The van der Waals surface area contributed by atoms with Crippen LogP contribution in [0.15, 0.2) is 42.5 Å². The SMILES string of the molecule is Cl.N[C@@H](CC(=O)N1CCCN(C(=O)Nc2ccccc2)CC1)Cc1cc(F)c(F)cc1F. The lowest BCUT2D eigenvalue weighted by Crippen LogP contribution is -2.41. The third-order valence-electron chi connectivity index (χ3n) is 5.17. The maximum Gasteiger partial charge on any atom is 0.321 e. The Balaban J connectivity index is 0.00000363. The van der Waals surface area contributed by atoms with Gasteiger partial charge in [0.1, 0.15) is 5.82 Å². The van der Waals surface area contributed by atoms with Gasteiger partial charge in [-0.15, -0.1) is 12.4 Å². The first kappa shape index (κ1) is 25.5. The fraction of sp³-hybridized carbons (Fsp3) is 0.364. The topological polar surface area (TPSA) is 78.7 Å². The fourth-order valence-corrected chi connectivity index (χ4v) is 3.52. The first-order chi connectivity index (χ1) is 14.8. The number of nitrogens with two attached hydrogens (primary N) is 1. The summed E-state index contributed by atoms with van der Waals surface area (Å²) in [5.74, 6) is -3.54. The normalized spacial score (nSPS) is 14.9. The summed E-state index contributed by atoms with van der Waals surface area (Å²) in [5.41, 5.74) is 6.59. The highest BCUT2D eigenvalue weighted by Gasteiger charge is 2.24. The molecule has 174 valence electrons. The molecule has 2 aromatic rings. The number of hydrogen-bond acceptors (Lipinski definition) is 3. The summed E-state index contributed by atoms with van der Waals surface area (Å²) in [4.78, 5) is 28.4. The second-order valence-corrected chi connectivity index (χ2v) is 7.54. The number of nitrogens with zero attached hydrogens (tertiary/aromatic N) is 2. The van der Waals surface area contributed by atoms with Crippen molar-refractivity contribution in [1.82, 2.24) is 9.80 Å². The van der Waals surface area contributed by atoms with Gasteiger partial charge < -0.3 is 20.9 Å². The molecule has 6 nitrogen and oxygen atoms in total. The predicted octanol–water partition coefficient (Wildman–Crippen LogP) is 3.55. The third kappa shape index (κ3) is 6.86. The molecule has 0 aromatic heterocycles. The number of para-hydroxylation sites is 1. The number of carbonyl (C=O) groups is 2. The highest BCUT2D eigenvalue weighted by atomic mass is 35.5. The van der Waals surface area contributed by atoms with E-state index in [1.165, 1.54) is 0 Å². The molecule has 0 saturated carbocycles. The number of nitrogens with one attached hydrogen (secondary N) is 1. The standard InChI is InChI=1S/C22H25F3N4O2.ClH/c23-18-14-20(25)19(24)12-15(18)11-16(26)13-21(30)28-7-4-8-29(10-9-28)22(31)27-17-5-2-1-3-6-17;/h1-3,5-6,12,14,16H,4,7-11,13,26H2,(H,27,31);1H/t16-;/m1./s1. The Morgan fingerprint density at radius 2 is 1.56 bits per heavy atom. The summed E-state index contributed by atoms with van der Waals surface area (Å²) in [6.45, 7) is 1.71. The van der Waals surface area contributed by atoms with Crippen molar-refractivity contribution in [3.05, 3.63) is 65.5 Å². The van der Waals surface area contributed by atoms with Crippen LogP contribution in [-0.4, -0.2) is 54.0 Å². The van der Waals surface area contributed by atoms with Gasteiger partial charge >= 0.3 is 6.03 Å². The minimum absolute atomic E-state index is 0. The molecule has 0 radical (unpaired) electrons. The molecular formula is C22H26ClF3N4O2. The quantitative estimate of drug-likeness (QED) is 0.656. The van der Waals surface area contributed by atoms with E-state index in [1.807, 2.05) is 18.2 Å². The molecule has 32 heavy (non-hydrogen) atoms. The molecule has 2 aromatic carbocycles. The Hall–Kier alpha value is -2.78. The summed E-state index contributed by atoms with van der Waals surface area (Å²) in [6, 6.07) is 9.37. The fourth-order valence-electron chi connectivity index (χ4n) is 3.52. The summed E-state index contributed by atoms with van der Waals surface area (Å²) in [7, 11) is 0. The van der Waals surface area contributed by atoms with Crippen molar-refractivity contribution in [2.75, 3.05) is 31.5 Å². The van der Waals surface area contributed by atoms with Crippen LogP contribution in [0, 0.1) is 17.5 Å². The second-order valence-electron chi connectivity index (χ2n) is 7.54. The van der Waals surface area contributed by atoms with E-state index in [9.17, 15) is 22.8 Å². The zero-order valence-electron chi connectivity index (χ0n) is 17.4. The average molecular weight is 471 g/mol. The van der Waals surface area contributed by atoms with Crippen LogP contribution >= 0.6 is 12.4 Å². The van der Waals surface area contributed by atoms with Crippen molar-refractivity contribution in [2.45, 2.75) is 25.3 Å². The van der Waals surface area contributed by atoms with Gasteiger partial charge in [-0.25, -0.2) is 18.0 Å². The molecule has 1 aliphatic heterocycles. The molecule has 3 rings (SSSR count). The van der Waals surface area contributed by atoms with Crippen LogP contribution < -0.4 is 11.1 Å². The van der Waals surface area contributed by atoms with Crippen LogP contribution in [0.4, 0.5) is 23.7 Å². The van der Waals surface area contributed by atoms with Crippen LogP contribution in [0.1, 0.15) is 18.4 Å². The summed E-state index contributed by atoms with van der Waals surface area (Å²) in [6.07, 6.45) is 0.462. The minimum atomic E-state index is -1.27. The van der Waals surface area contributed by atoms with Crippen molar-refractivity contribution < 1.29 is 22.8 Å². The van der Waals surface area contributed by atoms with E-state index < -0.39 is 23.5 Å². The minimum Gasteiger partial charge on any atom is -0.341 e. The van der Waals surface area contributed by atoms with Crippen LogP contribution in [0.3, 0.4) is 0 Å². The van der Waals surface area contributed by atoms with E-state index in [0.29, 0.717) is 44.4 Å². The molecule has 1 aliphatic rings. The number of amides is 3. The van der Waals surface area contributed by atoms with Gasteiger partial charge in [-0.2, -0.15) is 0 Å². The molecule has 0 spiro atoms. The Bertz CT molecular complexity index is 933. The van der Waals surface area contributed by atoms with Gasteiger partial charge in [0.15, 0.2) is 11.6 Å². The molecular weight excluding hydrogens is 445 g/mol.